The number of hydrogen-bond donors (Lipinski definition) is 3. The summed E-state index contributed by atoms with van der Waals surface area (Å²) in [5, 5.41) is 16.6. The van der Waals surface area contributed by atoms with Crippen molar-refractivity contribution in [2.75, 3.05) is 19.0 Å². The van der Waals surface area contributed by atoms with Crippen LogP contribution in [0.1, 0.15) is 46.6 Å². The van der Waals surface area contributed by atoms with E-state index in [4.69, 9.17) is 9.47 Å². The quantitative estimate of drug-likeness (QED) is 0.264. The third-order valence-corrected chi connectivity index (χ3v) is 6.21. The normalized spacial score (nSPS) is 15.2. The molecule has 9 nitrogen and oxygen atoms in total. The second-order valence-corrected chi connectivity index (χ2v) is 8.43. The number of anilines is 1. The van der Waals surface area contributed by atoms with E-state index in [0.717, 1.165) is 29.7 Å². The third-order valence-electron chi connectivity index (χ3n) is 5.04. The molecule has 1 atom stereocenters. The van der Waals surface area contributed by atoms with Gasteiger partial charge in [0, 0.05) is 10.4 Å². The summed E-state index contributed by atoms with van der Waals surface area (Å²) in [7, 11) is 1.41. The molecule has 0 bridgehead atoms. The molecule has 0 radical (unpaired) electrons. The van der Waals surface area contributed by atoms with E-state index in [0.29, 0.717) is 22.0 Å². The van der Waals surface area contributed by atoms with Crippen LogP contribution < -0.4 is 15.5 Å². The third kappa shape index (κ3) is 5.08. The van der Waals surface area contributed by atoms with E-state index in [-0.39, 0.29) is 18.1 Å². The maximum atomic E-state index is 12.5. The van der Waals surface area contributed by atoms with Crippen molar-refractivity contribution < 1.29 is 29.0 Å². The van der Waals surface area contributed by atoms with Crippen LogP contribution in [-0.2, 0) is 27.2 Å². The zero-order valence-corrected chi connectivity index (χ0v) is 18.9. The second kappa shape index (κ2) is 10.3. The topological polar surface area (TPSA) is 126 Å². The van der Waals surface area contributed by atoms with E-state index in [1.54, 1.807) is 25.1 Å². The van der Waals surface area contributed by atoms with E-state index < -0.39 is 17.8 Å². The van der Waals surface area contributed by atoms with Crippen molar-refractivity contribution in [3.63, 3.8) is 0 Å². The van der Waals surface area contributed by atoms with Crippen LogP contribution in [0.25, 0.3) is 0 Å². The fraction of sp³-hybridized carbons (Fsp3) is 0.364. The van der Waals surface area contributed by atoms with Gasteiger partial charge in [0.15, 0.2) is 11.5 Å². The molecule has 32 heavy (non-hydrogen) atoms. The maximum absolute atomic E-state index is 12.5. The number of fused-ring (bicyclic) bond motifs is 1. The van der Waals surface area contributed by atoms with E-state index in [1.807, 2.05) is 0 Å². The summed E-state index contributed by atoms with van der Waals surface area (Å²) in [6.45, 7) is 4.05. The minimum absolute atomic E-state index is 0.144. The molecule has 0 fully saturated rings. The summed E-state index contributed by atoms with van der Waals surface area (Å²) in [5.41, 5.74) is 3.62. The van der Waals surface area contributed by atoms with Crippen molar-refractivity contribution >= 4 is 40.3 Å². The average Bonchev–Trinajstić information content (AvgIpc) is 3.11. The number of hydrazone groups is 1. The maximum Gasteiger partial charge on any atom is 0.341 e. The first-order valence-corrected chi connectivity index (χ1v) is 11.0. The Labute approximate surface area is 189 Å². The van der Waals surface area contributed by atoms with Gasteiger partial charge in [-0.2, -0.15) is 5.10 Å². The van der Waals surface area contributed by atoms with E-state index in [2.05, 4.69) is 22.8 Å². The lowest BCUT2D eigenvalue weighted by Crippen LogP contribution is -2.32. The molecule has 2 amide bonds. The van der Waals surface area contributed by atoms with Crippen LogP contribution in [0.3, 0.4) is 0 Å². The molecular formula is C22H25N3O6S. The van der Waals surface area contributed by atoms with Crippen molar-refractivity contribution in [2.45, 2.75) is 33.1 Å². The number of nitrogens with one attached hydrogen (secondary N) is 2. The molecule has 1 aromatic carbocycles. The first-order valence-electron chi connectivity index (χ1n) is 10.2. The fourth-order valence-corrected chi connectivity index (χ4v) is 4.83. The lowest BCUT2D eigenvalue weighted by molar-refractivity contribution is -0.136. The number of thiophene rings is 1. The molecule has 3 N–H and O–H groups in total. The minimum atomic E-state index is -1.02. The van der Waals surface area contributed by atoms with Crippen LogP contribution in [0.2, 0.25) is 0 Å². The highest BCUT2D eigenvalue weighted by Crippen LogP contribution is 2.40. The van der Waals surface area contributed by atoms with Crippen LogP contribution in [0.4, 0.5) is 5.00 Å². The van der Waals surface area contributed by atoms with Gasteiger partial charge >= 0.3 is 17.8 Å². The van der Waals surface area contributed by atoms with Gasteiger partial charge in [0.2, 0.25) is 0 Å². The number of aromatic hydroxyl groups is 1. The summed E-state index contributed by atoms with van der Waals surface area (Å²) in [5.74, 6) is -1.91. The fourth-order valence-electron chi connectivity index (χ4n) is 3.44. The molecule has 0 saturated heterocycles. The number of carbonyl (C=O) groups is 3. The molecular weight excluding hydrogens is 434 g/mol. The second-order valence-electron chi connectivity index (χ2n) is 7.33. The molecule has 2 aromatic rings. The number of phenolic OH excluding ortho intramolecular Hbond substituents is 1. The van der Waals surface area contributed by atoms with E-state index >= 15 is 0 Å². The lowest BCUT2D eigenvalue weighted by atomic mass is 9.88. The SMILES string of the molecule is CCOC(=O)c1c(NC(=O)C(=O)NN=Cc2cccc(OC)c2O)sc2c1CCC(C)C2. The molecule has 1 aliphatic carbocycles. The number of nitrogens with zero attached hydrogens (tertiary/aromatic N) is 1. The van der Waals surface area contributed by atoms with Crippen LogP contribution in [0, 0.1) is 5.92 Å². The largest absolute Gasteiger partial charge is 0.504 e. The highest BCUT2D eigenvalue weighted by molar-refractivity contribution is 7.17. The van der Waals surface area contributed by atoms with Gasteiger partial charge in [0.25, 0.3) is 0 Å². The number of esters is 1. The van der Waals surface area contributed by atoms with Gasteiger partial charge in [-0.05, 0) is 49.8 Å². The van der Waals surface area contributed by atoms with Gasteiger partial charge in [0.1, 0.15) is 5.00 Å². The van der Waals surface area contributed by atoms with Gasteiger partial charge in [-0.25, -0.2) is 10.2 Å². The molecule has 1 aliphatic rings. The highest BCUT2D eigenvalue weighted by Gasteiger charge is 2.30. The van der Waals surface area contributed by atoms with Gasteiger partial charge in [-0.3, -0.25) is 9.59 Å². The van der Waals surface area contributed by atoms with Gasteiger partial charge in [-0.1, -0.05) is 13.0 Å². The first kappa shape index (κ1) is 23.3. The van der Waals surface area contributed by atoms with Crippen molar-refractivity contribution in [2.24, 2.45) is 11.0 Å². The van der Waals surface area contributed by atoms with Gasteiger partial charge < -0.3 is 19.9 Å². The van der Waals surface area contributed by atoms with Crippen LogP contribution in [0.5, 0.6) is 11.5 Å². The molecule has 170 valence electrons. The number of rotatable bonds is 6. The Morgan fingerprint density at radius 2 is 2.09 bits per heavy atom. The van der Waals surface area contributed by atoms with Crippen LogP contribution >= 0.6 is 11.3 Å². The summed E-state index contributed by atoms with van der Waals surface area (Å²) in [6.07, 6.45) is 3.66. The summed E-state index contributed by atoms with van der Waals surface area (Å²) >= 11 is 1.29. The monoisotopic (exact) mass is 459 g/mol. The number of phenols is 1. The number of para-hydroxylation sites is 1. The van der Waals surface area contributed by atoms with Crippen LogP contribution in [0.15, 0.2) is 23.3 Å². The number of carbonyl (C=O) groups excluding carboxylic acids is 3. The Morgan fingerprint density at radius 3 is 2.81 bits per heavy atom. The molecule has 1 heterocycles. The number of amides is 2. The van der Waals surface area contributed by atoms with E-state index in [9.17, 15) is 19.5 Å². The minimum Gasteiger partial charge on any atom is -0.504 e. The Bertz CT molecular complexity index is 1060. The van der Waals surface area contributed by atoms with Crippen LogP contribution in [-0.4, -0.2) is 42.8 Å². The van der Waals surface area contributed by atoms with Crippen molar-refractivity contribution in [1.82, 2.24) is 5.43 Å². The molecule has 1 unspecified atom stereocenters. The van der Waals surface area contributed by atoms with Gasteiger partial charge in [-0.15, -0.1) is 11.3 Å². The Hall–Kier alpha value is -3.40. The number of methoxy groups -OCH3 is 1. The standard InChI is InChI=1S/C22H25N3O6S/c1-4-31-22(29)17-14-9-8-12(2)10-16(14)32-21(17)24-19(27)20(28)25-23-11-13-6-5-7-15(30-3)18(13)26/h5-7,11-12,26H,4,8-10H2,1-3H3,(H,24,27)(H,25,28). The summed E-state index contributed by atoms with van der Waals surface area (Å²) in [6, 6.07) is 4.78. The lowest BCUT2D eigenvalue weighted by Gasteiger charge is -2.18. The highest BCUT2D eigenvalue weighted by atomic mass is 32.1. The Kier molecular flexibility index (Phi) is 7.47. The molecule has 0 saturated carbocycles. The number of benzene rings is 1. The molecule has 0 spiro atoms. The molecule has 3 rings (SSSR count). The zero-order chi connectivity index (χ0) is 23.3. The predicted molar refractivity (Wildman–Crippen MR) is 120 cm³/mol. The predicted octanol–water partition coefficient (Wildman–Crippen LogP) is 2.85. The zero-order valence-electron chi connectivity index (χ0n) is 18.1. The summed E-state index contributed by atoms with van der Waals surface area (Å²) < 4.78 is 10.2. The van der Waals surface area contributed by atoms with E-state index in [1.165, 1.54) is 24.7 Å². The molecule has 1 aromatic heterocycles. The van der Waals surface area contributed by atoms with Crippen molar-refractivity contribution in [3.8, 4) is 11.5 Å². The summed E-state index contributed by atoms with van der Waals surface area (Å²) in [4.78, 5) is 38.2. The van der Waals surface area contributed by atoms with Gasteiger partial charge in [0.05, 0.1) is 25.5 Å². The van der Waals surface area contributed by atoms with Crippen molar-refractivity contribution in [3.05, 3.63) is 39.8 Å². The Balaban J connectivity index is 1.72. The smallest absolute Gasteiger partial charge is 0.341 e. The number of hydrogen-bond acceptors (Lipinski definition) is 8. The molecule has 10 heteroatoms. The average molecular weight is 460 g/mol. The molecule has 0 aliphatic heterocycles. The number of ether oxygens (including phenoxy) is 2. The first-order chi connectivity index (χ1) is 15.3. The Morgan fingerprint density at radius 1 is 1.31 bits per heavy atom. The van der Waals surface area contributed by atoms with Crippen molar-refractivity contribution in [1.29, 1.82) is 0 Å².